The lowest BCUT2D eigenvalue weighted by Crippen LogP contribution is -3.00. The summed E-state index contributed by atoms with van der Waals surface area (Å²) in [6.07, 6.45) is 12.9. The molecule has 0 radical (unpaired) electrons. The van der Waals surface area contributed by atoms with Gasteiger partial charge in [-0.1, -0.05) is 82.3 Å². The van der Waals surface area contributed by atoms with E-state index in [4.69, 9.17) is 18.9 Å². The molecule has 0 fully saturated rings. The lowest BCUT2D eigenvalue weighted by atomic mass is 9.90. The van der Waals surface area contributed by atoms with E-state index in [0.717, 1.165) is 55.2 Å². The number of rotatable bonds is 14. The summed E-state index contributed by atoms with van der Waals surface area (Å²) in [4.78, 5) is 0. The van der Waals surface area contributed by atoms with Crippen LogP contribution in [0.15, 0.2) is 85.5 Å². The molecular formula is C45H55ClN2O4. The molecule has 0 unspecified atom stereocenters. The van der Waals surface area contributed by atoms with Crippen LogP contribution >= 0.6 is 0 Å². The molecule has 276 valence electrons. The summed E-state index contributed by atoms with van der Waals surface area (Å²) in [6, 6.07) is 24.6. The highest BCUT2D eigenvalue weighted by atomic mass is 35.5. The monoisotopic (exact) mass is 722 g/mol. The summed E-state index contributed by atoms with van der Waals surface area (Å²) in [6.45, 7) is 12.1. The first-order chi connectivity index (χ1) is 25.0. The van der Waals surface area contributed by atoms with Crippen molar-refractivity contribution in [2.24, 2.45) is 7.05 Å². The fraction of sp³-hybridized carbons (Fsp3) is 0.400. The number of nitrogens with zero attached hydrogens (tertiary/aromatic N) is 2. The SMILES string of the molecule is CCCOc1c2cccc1Cc1cccc(c1OCCC)Cc1cc(Cn3cc[n+](C)c3)cc(c1OCCC)Cc1cccc(c1OCCC)C2.[Cl-]. The highest BCUT2D eigenvalue weighted by Gasteiger charge is 2.23. The zero-order valence-corrected chi connectivity index (χ0v) is 32.4. The fourth-order valence-electron chi connectivity index (χ4n) is 7.11. The van der Waals surface area contributed by atoms with Crippen LogP contribution in [-0.4, -0.2) is 31.0 Å². The number of hydrogen-bond acceptors (Lipinski definition) is 4. The second-order valence-corrected chi connectivity index (χ2v) is 13.8. The second-order valence-electron chi connectivity index (χ2n) is 13.8. The van der Waals surface area contributed by atoms with Gasteiger partial charge in [0.25, 0.3) is 0 Å². The molecule has 0 saturated heterocycles. The van der Waals surface area contributed by atoms with Gasteiger partial charge < -0.3 is 31.4 Å². The van der Waals surface area contributed by atoms with Crippen LogP contribution in [0.1, 0.15) is 103 Å². The topological polar surface area (TPSA) is 45.7 Å². The Morgan fingerprint density at radius 2 is 0.846 bits per heavy atom. The predicted octanol–water partition coefficient (Wildman–Crippen LogP) is 6.20. The van der Waals surface area contributed by atoms with Crippen molar-refractivity contribution in [1.82, 2.24) is 4.57 Å². The van der Waals surface area contributed by atoms with Crippen molar-refractivity contribution >= 4 is 0 Å². The Morgan fingerprint density at radius 1 is 0.519 bits per heavy atom. The highest BCUT2D eigenvalue weighted by Crippen LogP contribution is 2.39. The van der Waals surface area contributed by atoms with Gasteiger partial charge in [-0.2, -0.15) is 0 Å². The Kier molecular flexibility index (Phi) is 14.1. The number of ether oxygens (including phenoxy) is 4. The van der Waals surface area contributed by atoms with E-state index in [2.05, 4.69) is 129 Å². The Bertz CT molecular complexity index is 1810. The first-order valence-electron chi connectivity index (χ1n) is 19.0. The number of aromatic nitrogens is 2. The van der Waals surface area contributed by atoms with Gasteiger partial charge in [0.15, 0.2) is 0 Å². The van der Waals surface area contributed by atoms with Gasteiger partial charge in [0.1, 0.15) is 41.9 Å². The average molecular weight is 723 g/mol. The summed E-state index contributed by atoms with van der Waals surface area (Å²) >= 11 is 0. The number of aryl methyl sites for hydroxylation is 1. The number of hydrogen-bond donors (Lipinski definition) is 0. The number of fused-ring (bicyclic) bond motifs is 8. The van der Waals surface area contributed by atoms with Gasteiger partial charge in [0.2, 0.25) is 6.33 Å². The van der Waals surface area contributed by atoms with Crippen LogP contribution in [0.5, 0.6) is 23.0 Å². The molecule has 52 heavy (non-hydrogen) atoms. The van der Waals surface area contributed by atoms with E-state index in [1.807, 2.05) is 0 Å². The van der Waals surface area contributed by atoms with Gasteiger partial charge in [0.05, 0.1) is 33.5 Å². The van der Waals surface area contributed by atoms with Crippen LogP contribution < -0.4 is 35.9 Å². The summed E-state index contributed by atoms with van der Waals surface area (Å²) in [5, 5.41) is 0. The first kappa shape index (κ1) is 38.8. The van der Waals surface area contributed by atoms with Gasteiger partial charge >= 0.3 is 0 Å². The summed E-state index contributed by atoms with van der Waals surface area (Å²) < 4.78 is 31.0. The Labute approximate surface area is 317 Å². The molecule has 1 aliphatic rings. The molecule has 1 aliphatic carbocycles. The van der Waals surface area contributed by atoms with E-state index < -0.39 is 0 Å². The van der Waals surface area contributed by atoms with E-state index in [-0.39, 0.29) is 12.4 Å². The quantitative estimate of drug-likeness (QED) is 0.126. The molecule has 0 N–H and O–H groups in total. The van der Waals surface area contributed by atoms with Crippen LogP contribution in [0.3, 0.4) is 0 Å². The molecule has 7 heteroatoms. The number of para-hydroxylation sites is 3. The van der Waals surface area contributed by atoms with Crippen molar-refractivity contribution in [2.75, 3.05) is 26.4 Å². The van der Waals surface area contributed by atoms with Crippen LogP contribution in [-0.2, 0) is 39.3 Å². The van der Waals surface area contributed by atoms with Crippen molar-refractivity contribution in [3.63, 3.8) is 0 Å². The molecule has 0 atom stereocenters. The van der Waals surface area contributed by atoms with E-state index in [1.165, 1.54) is 50.1 Å². The van der Waals surface area contributed by atoms with Crippen molar-refractivity contribution in [3.05, 3.63) is 136 Å². The first-order valence-corrected chi connectivity index (χ1v) is 19.0. The summed E-state index contributed by atoms with van der Waals surface area (Å²) in [5.74, 6) is 3.91. The molecule has 0 saturated carbocycles. The van der Waals surface area contributed by atoms with Crippen molar-refractivity contribution in [2.45, 2.75) is 85.6 Å². The van der Waals surface area contributed by atoms with Crippen LogP contribution in [0.25, 0.3) is 0 Å². The van der Waals surface area contributed by atoms with Gasteiger partial charge in [-0.05, 0) is 87.9 Å². The van der Waals surface area contributed by atoms with E-state index >= 15 is 0 Å². The number of imidazole rings is 1. The Hall–Kier alpha value is -4.42. The minimum atomic E-state index is 0. The Morgan fingerprint density at radius 3 is 1.15 bits per heavy atom. The maximum Gasteiger partial charge on any atom is 0.243 e. The molecule has 6 nitrogen and oxygen atoms in total. The van der Waals surface area contributed by atoms with Crippen LogP contribution in [0, 0.1) is 0 Å². The molecule has 5 aromatic rings. The van der Waals surface area contributed by atoms with E-state index in [1.54, 1.807) is 0 Å². The molecule has 1 aromatic heterocycles. The van der Waals surface area contributed by atoms with Crippen LogP contribution in [0.2, 0.25) is 0 Å². The van der Waals surface area contributed by atoms with Crippen LogP contribution in [0.4, 0.5) is 0 Å². The van der Waals surface area contributed by atoms with Crippen molar-refractivity contribution < 1.29 is 35.9 Å². The third-order valence-corrected chi connectivity index (χ3v) is 9.35. The molecule has 1 heterocycles. The molecule has 0 amide bonds. The molecule has 4 aromatic carbocycles. The van der Waals surface area contributed by atoms with E-state index in [9.17, 15) is 0 Å². The molecule has 0 aliphatic heterocycles. The molecule has 8 bridgehead atoms. The minimum absolute atomic E-state index is 0. The van der Waals surface area contributed by atoms with Crippen molar-refractivity contribution in [1.29, 1.82) is 0 Å². The van der Waals surface area contributed by atoms with Gasteiger partial charge in [0, 0.05) is 25.7 Å². The average Bonchev–Trinajstić information content (AvgIpc) is 3.54. The Balaban J connectivity index is 0.00000523. The predicted molar refractivity (Wildman–Crippen MR) is 205 cm³/mol. The molecule has 0 spiro atoms. The second kappa shape index (κ2) is 18.9. The van der Waals surface area contributed by atoms with E-state index in [0.29, 0.717) is 52.1 Å². The summed E-state index contributed by atoms with van der Waals surface area (Å²) in [7, 11) is 2.06. The zero-order valence-electron chi connectivity index (χ0n) is 31.7. The standard InChI is InChI=1S/C45H55N2O4.ClH/c1-6-21-48-42-34-13-10-14-35(42)28-37-16-12-18-39(44(37)50-23-8-3)30-41-26-33(31-47-20-19-46(5)32-47)25-40(45(41)51-24-9-4)29-38-17-11-15-36(27-34)43(38)49-22-7-2;/h10-20,25-26,32H,6-9,21-24,27-31H2,1-5H3;1H/q+1;/p-1. The third kappa shape index (κ3) is 9.32. The minimum Gasteiger partial charge on any atom is -1.00 e. The fourth-order valence-corrected chi connectivity index (χ4v) is 7.11. The van der Waals surface area contributed by atoms with Gasteiger partial charge in [-0.3, -0.25) is 0 Å². The lowest BCUT2D eigenvalue weighted by Gasteiger charge is -2.23. The largest absolute Gasteiger partial charge is 1.00 e. The van der Waals surface area contributed by atoms with Gasteiger partial charge in [-0.25, -0.2) is 9.13 Å². The van der Waals surface area contributed by atoms with Crippen molar-refractivity contribution in [3.8, 4) is 23.0 Å². The molecule has 6 rings (SSSR count). The smallest absolute Gasteiger partial charge is 0.243 e. The number of benzene rings is 4. The van der Waals surface area contributed by atoms with Gasteiger partial charge in [-0.15, -0.1) is 0 Å². The lowest BCUT2D eigenvalue weighted by molar-refractivity contribution is -0.671. The maximum absolute atomic E-state index is 6.74. The third-order valence-electron chi connectivity index (χ3n) is 9.35. The normalized spacial score (nSPS) is 12.2. The zero-order chi connectivity index (χ0) is 35.6. The number of halogens is 1. The summed E-state index contributed by atoms with van der Waals surface area (Å²) in [5.41, 5.74) is 10.6. The highest BCUT2D eigenvalue weighted by molar-refractivity contribution is 5.56. The molecular weight excluding hydrogens is 668 g/mol. The maximum atomic E-state index is 6.74.